The number of carbonyl (C=O) groups is 3. The fourth-order valence-corrected chi connectivity index (χ4v) is 6.18. The van der Waals surface area contributed by atoms with Crippen LogP contribution in [0.4, 0.5) is 10.5 Å². The van der Waals surface area contributed by atoms with Crippen LogP contribution in [0.1, 0.15) is 56.9 Å². The number of urea groups is 1. The number of hydrogen-bond donors (Lipinski definition) is 5. The molecule has 2 aliphatic rings. The first-order valence-corrected chi connectivity index (χ1v) is 14.1. The molecule has 2 aliphatic heterocycles. The maximum absolute atomic E-state index is 12.2. The first-order chi connectivity index (χ1) is 18.0. The molecule has 6 N–H and O–H groups in total. The summed E-state index contributed by atoms with van der Waals surface area (Å²) in [4.78, 5) is 38.4. The number of nitrogens with two attached hydrogens (primary N) is 1. The van der Waals surface area contributed by atoms with Crippen molar-refractivity contribution in [2.24, 2.45) is 10.8 Å². The quantitative estimate of drug-likeness (QED) is 0.0725. The number of azide groups is 1. The van der Waals surface area contributed by atoms with Crippen molar-refractivity contribution in [2.75, 3.05) is 18.8 Å². The summed E-state index contributed by atoms with van der Waals surface area (Å²) in [6.45, 7) is 1.25. The molecule has 3 rings (SSSR count). The Morgan fingerprint density at radius 1 is 1.08 bits per heavy atom. The highest BCUT2D eigenvalue weighted by Crippen LogP contribution is 2.33. The number of thioether (sulfide) groups is 1. The predicted molar refractivity (Wildman–Crippen MR) is 145 cm³/mol. The molecule has 11 nitrogen and oxygen atoms in total. The van der Waals surface area contributed by atoms with Gasteiger partial charge in [-0.1, -0.05) is 48.6 Å². The number of hydrogen-bond acceptors (Lipinski definition) is 6. The third kappa shape index (κ3) is 9.79. The summed E-state index contributed by atoms with van der Waals surface area (Å²) >= 11 is 1.91. The standard InChI is InChI=1S/C25H38N8O3S/c26-19(15-17-9-11-18(12-10-17)32-33-27)24(35)29-14-6-2-1-5-13-28-22(34)8-4-3-7-21-23-20(16-37-21)30-25(36)31-23/h9-12,19-21,23H,1-8,13-16,26H2,(H,28,34)(H,29,35)(H2,30,31,36)/t19-,20?,21?,23?/m0/s1. The normalized spacial score (nSPS) is 20.8. The summed E-state index contributed by atoms with van der Waals surface area (Å²) < 4.78 is 0. The van der Waals surface area contributed by atoms with Gasteiger partial charge in [-0.2, -0.15) is 11.8 Å². The Morgan fingerprint density at radius 2 is 1.81 bits per heavy atom. The molecule has 3 unspecified atom stereocenters. The topological polar surface area (TPSA) is 174 Å². The van der Waals surface area contributed by atoms with Gasteiger partial charge in [-0.25, -0.2) is 4.79 Å². The molecule has 202 valence electrons. The van der Waals surface area contributed by atoms with E-state index in [-0.39, 0.29) is 29.9 Å². The highest BCUT2D eigenvalue weighted by molar-refractivity contribution is 8.00. The van der Waals surface area contributed by atoms with Crippen LogP contribution in [0.3, 0.4) is 0 Å². The van der Waals surface area contributed by atoms with E-state index in [0.717, 1.165) is 56.3 Å². The van der Waals surface area contributed by atoms with Crippen LogP contribution in [0.2, 0.25) is 0 Å². The Hall–Kier alpha value is -2.95. The lowest BCUT2D eigenvalue weighted by molar-refractivity contribution is -0.122. The number of fused-ring (bicyclic) bond motifs is 1. The van der Waals surface area contributed by atoms with Gasteiger partial charge in [0.15, 0.2) is 0 Å². The van der Waals surface area contributed by atoms with E-state index in [2.05, 4.69) is 31.3 Å². The molecule has 0 aromatic heterocycles. The third-order valence-electron chi connectivity index (χ3n) is 6.69. The number of carbonyl (C=O) groups excluding carboxylic acids is 3. The molecule has 4 amide bonds. The van der Waals surface area contributed by atoms with Gasteiger partial charge in [-0.05, 0) is 43.2 Å². The summed E-state index contributed by atoms with van der Waals surface area (Å²) in [5.74, 6) is 0.884. The van der Waals surface area contributed by atoms with Crippen molar-refractivity contribution >= 4 is 35.3 Å². The molecule has 1 aromatic rings. The zero-order valence-corrected chi connectivity index (χ0v) is 22.0. The second-order valence-corrected chi connectivity index (χ2v) is 10.9. The van der Waals surface area contributed by atoms with Crippen molar-refractivity contribution in [3.05, 3.63) is 40.3 Å². The van der Waals surface area contributed by atoms with Gasteiger partial charge in [0.2, 0.25) is 11.8 Å². The average molecular weight is 531 g/mol. The molecule has 2 saturated heterocycles. The van der Waals surface area contributed by atoms with Crippen LogP contribution in [-0.4, -0.2) is 60.1 Å². The highest BCUT2D eigenvalue weighted by Gasteiger charge is 2.42. The van der Waals surface area contributed by atoms with Crippen LogP contribution in [-0.2, 0) is 16.0 Å². The number of unbranched alkanes of at least 4 members (excludes halogenated alkanes) is 4. The van der Waals surface area contributed by atoms with E-state index in [0.29, 0.717) is 36.9 Å². The van der Waals surface area contributed by atoms with Crippen molar-refractivity contribution in [3.8, 4) is 0 Å². The minimum atomic E-state index is -0.630. The summed E-state index contributed by atoms with van der Waals surface area (Å²) in [5, 5.41) is 15.8. The summed E-state index contributed by atoms with van der Waals surface area (Å²) in [6, 6.07) is 6.79. The molecule has 0 spiro atoms. The molecule has 1 aromatic carbocycles. The minimum Gasteiger partial charge on any atom is -0.356 e. The van der Waals surface area contributed by atoms with Gasteiger partial charge < -0.3 is 27.0 Å². The van der Waals surface area contributed by atoms with Gasteiger partial charge in [-0.3, -0.25) is 9.59 Å². The van der Waals surface area contributed by atoms with Gasteiger partial charge in [0.25, 0.3) is 0 Å². The van der Waals surface area contributed by atoms with Crippen LogP contribution in [0, 0.1) is 0 Å². The predicted octanol–water partition coefficient (Wildman–Crippen LogP) is 3.02. The lowest BCUT2D eigenvalue weighted by Gasteiger charge is -2.16. The molecule has 37 heavy (non-hydrogen) atoms. The third-order valence-corrected chi connectivity index (χ3v) is 8.20. The molecule has 2 heterocycles. The second kappa shape index (κ2) is 15.3. The number of benzene rings is 1. The highest BCUT2D eigenvalue weighted by atomic mass is 32.2. The minimum absolute atomic E-state index is 0.0581. The molecule has 0 bridgehead atoms. The van der Waals surface area contributed by atoms with Crippen molar-refractivity contribution in [3.63, 3.8) is 0 Å². The van der Waals surface area contributed by atoms with Crippen LogP contribution in [0.15, 0.2) is 29.4 Å². The van der Waals surface area contributed by atoms with E-state index in [9.17, 15) is 14.4 Å². The number of rotatable bonds is 16. The van der Waals surface area contributed by atoms with Crippen molar-refractivity contribution in [1.29, 1.82) is 0 Å². The fourth-order valence-electron chi connectivity index (χ4n) is 4.63. The molecular weight excluding hydrogens is 492 g/mol. The smallest absolute Gasteiger partial charge is 0.315 e. The Bertz CT molecular complexity index is 954. The Kier molecular flexibility index (Phi) is 11.9. The molecule has 12 heteroatoms. The Labute approximate surface area is 222 Å². The molecule has 4 atom stereocenters. The number of nitrogens with one attached hydrogen (secondary N) is 4. The Morgan fingerprint density at radius 3 is 2.54 bits per heavy atom. The maximum atomic E-state index is 12.2. The van der Waals surface area contributed by atoms with E-state index >= 15 is 0 Å². The van der Waals surface area contributed by atoms with Crippen LogP contribution in [0.25, 0.3) is 10.4 Å². The molecule has 0 aliphatic carbocycles. The van der Waals surface area contributed by atoms with E-state index < -0.39 is 6.04 Å². The van der Waals surface area contributed by atoms with Crippen molar-refractivity contribution < 1.29 is 14.4 Å². The van der Waals surface area contributed by atoms with E-state index in [1.165, 1.54) is 0 Å². The zero-order chi connectivity index (χ0) is 26.5. The monoisotopic (exact) mass is 530 g/mol. The van der Waals surface area contributed by atoms with Gasteiger partial charge in [0, 0.05) is 41.1 Å². The molecular formula is C25H38N8O3S. The van der Waals surface area contributed by atoms with Crippen LogP contribution < -0.4 is 27.0 Å². The molecule has 0 radical (unpaired) electrons. The summed E-state index contributed by atoms with van der Waals surface area (Å²) in [6.07, 6.45) is 7.57. The van der Waals surface area contributed by atoms with E-state index in [1.54, 1.807) is 24.3 Å². The van der Waals surface area contributed by atoms with Crippen molar-refractivity contribution in [1.82, 2.24) is 21.3 Å². The summed E-state index contributed by atoms with van der Waals surface area (Å²) in [7, 11) is 0. The zero-order valence-electron chi connectivity index (χ0n) is 21.2. The molecule has 2 fully saturated rings. The second-order valence-electron chi connectivity index (χ2n) is 9.59. The van der Waals surface area contributed by atoms with Gasteiger partial charge >= 0.3 is 6.03 Å². The van der Waals surface area contributed by atoms with E-state index in [1.807, 2.05) is 11.8 Å². The van der Waals surface area contributed by atoms with Gasteiger partial charge in [-0.15, -0.1) is 0 Å². The molecule has 0 saturated carbocycles. The van der Waals surface area contributed by atoms with Crippen molar-refractivity contribution in [2.45, 2.75) is 81.2 Å². The maximum Gasteiger partial charge on any atom is 0.315 e. The first-order valence-electron chi connectivity index (χ1n) is 13.1. The van der Waals surface area contributed by atoms with Gasteiger partial charge in [0.1, 0.15) is 0 Å². The Balaban J connectivity index is 1.13. The lowest BCUT2D eigenvalue weighted by Crippen LogP contribution is -2.42. The van der Waals surface area contributed by atoms with E-state index in [4.69, 9.17) is 11.3 Å². The number of amides is 4. The number of nitrogens with zero attached hydrogens (tertiary/aromatic N) is 3. The van der Waals surface area contributed by atoms with Crippen LogP contribution in [0.5, 0.6) is 0 Å². The summed E-state index contributed by atoms with van der Waals surface area (Å²) in [5.41, 5.74) is 15.9. The first kappa shape index (κ1) is 28.6. The SMILES string of the molecule is [N-]=[N+]=Nc1ccc(C[C@H](N)C(=O)NCCCCCCNC(=O)CCCCC2SCC3NC(=O)NC32)cc1. The lowest BCUT2D eigenvalue weighted by atomic mass is 10.0. The van der Waals surface area contributed by atoms with Gasteiger partial charge in [0.05, 0.1) is 18.1 Å². The fraction of sp³-hybridized carbons (Fsp3) is 0.640. The average Bonchev–Trinajstić information content (AvgIpc) is 3.43. The van der Waals surface area contributed by atoms with Crippen LogP contribution >= 0.6 is 11.8 Å². The largest absolute Gasteiger partial charge is 0.356 e.